The zero-order valence-electron chi connectivity index (χ0n) is 11.7. The third-order valence-electron chi connectivity index (χ3n) is 4.69. The van der Waals surface area contributed by atoms with E-state index in [-0.39, 0.29) is 5.54 Å². The average Bonchev–Trinajstić information content (AvgIpc) is 3.23. The van der Waals surface area contributed by atoms with E-state index in [0.717, 1.165) is 30.4 Å². The molecule has 2 aliphatic carbocycles. The van der Waals surface area contributed by atoms with E-state index in [1.165, 1.54) is 31.2 Å². The summed E-state index contributed by atoms with van der Waals surface area (Å²) in [6, 6.07) is 11.0. The Morgan fingerprint density at radius 3 is 2.79 bits per heavy atom. The normalized spacial score (nSPS) is 30.6. The summed E-state index contributed by atoms with van der Waals surface area (Å²) < 4.78 is 0. The molecule has 0 heterocycles. The van der Waals surface area contributed by atoms with E-state index in [0.29, 0.717) is 0 Å². The van der Waals surface area contributed by atoms with E-state index >= 15 is 0 Å². The molecular weight excluding hydrogens is 232 g/mol. The van der Waals surface area contributed by atoms with Crippen molar-refractivity contribution in [2.75, 3.05) is 5.32 Å². The maximum absolute atomic E-state index is 9.68. The van der Waals surface area contributed by atoms with Crippen LogP contribution < -0.4 is 5.32 Å². The molecule has 0 spiro atoms. The van der Waals surface area contributed by atoms with Gasteiger partial charge in [-0.2, -0.15) is 5.26 Å². The van der Waals surface area contributed by atoms with E-state index in [4.69, 9.17) is 0 Å². The zero-order valence-corrected chi connectivity index (χ0v) is 11.7. The summed E-state index contributed by atoms with van der Waals surface area (Å²) in [5.41, 5.74) is 2.00. The fourth-order valence-corrected chi connectivity index (χ4v) is 3.53. The Balaban J connectivity index is 1.77. The van der Waals surface area contributed by atoms with Crippen molar-refractivity contribution < 1.29 is 0 Å². The van der Waals surface area contributed by atoms with Gasteiger partial charge in [-0.1, -0.05) is 12.1 Å². The van der Waals surface area contributed by atoms with Crippen LogP contribution in [0.15, 0.2) is 24.3 Å². The van der Waals surface area contributed by atoms with Gasteiger partial charge in [0.15, 0.2) is 0 Å². The molecule has 2 atom stereocenters. The molecule has 0 saturated heterocycles. The maximum atomic E-state index is 9.68. The van der Waals surface area contributed by atoms with Gasteiger partial charge in [0.2, 0.25) is 0 Å². The predicted molar refractivity (Wildman–Crippen MR) is 77.8 cm³/mol. The first kappa shape index (κ1) is 12.5. The van der Waals surface area contributed by atoms with Crippen molar-refractivity contribution in [1.82, 2.24) is 0 Å². The van der Waals surface area contributed by atoms with Crippen molar-refractivity contribution in [3.8, 4) is 6.07 Å². The first-order valence-corrected chi connectivity index (χ1v) is 7.47. The zero-order chi connectivity index (χ0) is 13.3. The van der Waals surface area contributed by atoms with Crippen LogP contribution in [0.2, 0.25) is 0 Å². The van der Waals surface area contributed by atoms with E-state index in [9.17, 15) is 5.26 Å². The topological polar surface area (TPSA) is 35.8 Å². The molecule has 0 aromatic heterocycles. The van der Waals surface area contributed by atoms with Crippen molar-refractivity contribution in [1.29, 1.82) is 5.26 Å². The van der Waals surface area contributed by atoms with Crippen molar-refractivity contribution in [2.24, 2.45) is 11.8 Å². The standard InChI is InChI=1S/C17H22N2/c1-13-4-2-6-16(10-13)19-17(12-18)9-3-5-15(11-17)14-7-8-14/h2,4,6,10,14-15,19H,3,5,7-9,11H2,1H3. The molecule has 0 bridgehead atoms. The molecule has 2 heteroatoms. The molecule has 2 nitrogen and oxygen atoms in total. The lowest BCUT2D eigenvalue weighted by Gasteiger charge is -2.37. The van der Waals surface area contributed by atoms with Crippen molar-refractivity contribution in [2.45, 2.75) is 51.0 Å². The number of aryl methyl sites for hydroxylation is 1. The highest BCUT2D eigenvalue weighted by Crippen LogP contribution is 2.47. The SMILES string of the molecule is Cc1cccc(NC2(C#N)CCCC(C3CC3)C2)c1. The molecule has 2 saturated carbocycles. The van der Waals surface area contributed by atoms with E-state index < -0.39 is 0 Å². The second kappa shape index (κ2) is 4.89. The fraction of sp³-hybridized carbons (Fsp3) is 0.588. The molecule has 2 fully saturated rings. The van der Waals surface area contributed by atoms with Gasteiger partial charge in [-0.3, -0.25) is 0 Å². The molecule has 2 aliphatic rings. The number of nitrogens with zero attached hydrogens (tertiary/aromatic N) is 1. The third-order valence-corrected chi connectivity index (χ3v) is 4.69. The van der Waals surface area contributed by atoms with Gasteiger partial charge in [-0.25, -0.2) is 0 Å². The molecule has 0 aliphatic heterocycles. The largest absolute Gasteiger partial charge is 0.367 e. The second-order valence-electron chi connectivity index (χ2n) is 6.38. The molecule has 1 aromatic rings. The van der Waals surface area contributed by atoms with Crippen LogP contribution >= 0.6 is 0 Å². The smallest absolute Gasteiger partial charge is 0.125 e. The van der Waals surface area contributed by atoms with Gasteiger partial charge < -0.3 is 5.32 Å². The summed E-state index contributed by atoms with van der Waals surface area (Å²) >= 11 is 0. The third kappa shape index (κ3) is 2.76. The van der Waals surface area contributed by atoms with Crippen LogP contribution in [0.25, 0.3) is 0 Å². The molecule has 100 valence electrons. The van der Waals surface area contributed by atoms with Crippen LogP contribution in [-0.4, -0.2) is 5.54 Å². The highest BCUT2D eigenvalue weighted by molar-refractivity contribution is 5.49. The van der Waals surface area contributed by atoms with Crippen molar-refractivity contribution in [3.63, 3.8) is 0 Å². The van der Waals surface area contributed by atoms with Gasteiger partial charge >= 0.3 is 0 Å². The van der Waals surface area contributed by atoms with E-state index in [1.54, 1.807) is 0 Å². The molecule has 19 heavy (non-hydrogen) atoms. The van der Waals surface area contributed by atoms with Crippen LogP contribution in [0.4, 0.5) is 5.69 Å². The van der Waals surface area contributed by atoms with Crippen LogP contribution in [0.5, 0.6) is 0 Å². The monoisotopic (exact) mass is 254 g/mol. The Morgan fingerprint density at radius 1 is 1.26 bits per heavy atom. The number of hydrogen-bond donors (Lipinski definition) is 1. The first-order chi connectivity index (χ1) is 9.21. The molecule has 0 radical (unpaired) electrons. The van der Waals surface area contributed by atoms with E-state index in [2.05, 4.69) is 42.6 Å². The van der Waals surface area contributed by atoms with Crippen LogP contribution in [0.1, 0.15) is 44.1 Å². The summed E-state index contributed by atoms with van der Waals surface area (Å²) in [5.74, 6) is 1.68. The van der Waals surface area contributed by atoms with Gasteiger partial charge in [0.05, 0.1) is 6.07 Å². The predicted octanol–water partition coefficient (Wildman–Crippen LogP) is 4.27. The molecule has 2 unspecified atom stereocenters. The van der Waals surface area contributed by atoms with E-state index in [1.807, 2.05) is 0 Å². The fourth-order valence-electron chi connectivity index (χ4n) is 3.53. The lowest BCUT2D eigenvalue weighted by Crippen LogP contribution is -2.42. The Bertz CT molecular complexity index is 498. The molecule has 1 aromatic carbocycles. The Morgan fingerprint density at radius 2 is 2.11 bits per heavy atom. The summed E-state index contributed by atoms with van der Waals surface area (Å²) in [5, 5.41) is 13.2. The molecular formula is C17H22N2. The van der Waals surface area contributed by atoms with Gasteiger partial charge in [0.1, 0.15) is 5.54 Å². The minimum atomic E-state index is -0.334. The van der Waals surface area contributed by atoms with Crippen LogP contribution in [0, 0.1) is 30.1 Å². The molecule has 0 amide bonds. The number of anilines is 1. The summed E-state index contributed by atoms with van der Waals surface area (Å²) in [7, 11) is 0. The lowest BCUT2D eigenvalue weighted by atomic mass is 9.74. The number of benzene rings is 1. The lowest BCUT2D eigenvalue weighted by molar-refractivity contribution is 0.263. The van der Waals surface area contributed by atoms with Crippen molar-refractivity contribution >= 4 is 5.69 Å². The Kier molecular flexibility index (Phi) is 3.22. The molecule has 1 N–H and O–H groups in total. The number of rotatable bonds is 3. The summed E-state index contributed by atoms with van der Waals surface area (Å²) in [6.07, 6.45) is 7.30. The van der Waals surface area contributed by atoms with Gasteiger partial charge in [0.25, 0.3) is 0 Å². The summed E-state index contributed by atoms with van der Waals surface area (Å²) in [6.45, 7) is 2.10. The van der Waals surface area contributed by atoms with Gasteiger partial charge in [0, 0.05) is 5.69 Å². The quantitative estimate of drug-likeness (QED) is 0.874. The van der Waals surface area contributed by atoms with Gasteiger partial charge in [-0.15, -0.1) is 0 Å². The highest BCUT2D eigenvalue weighted by atomic mass is 15.0. The highest BCUT2D eigenvalue weighted by Gasteiger charge is 2.42. The van der Waals surface area contributed by atoms with Crippen molar-refractivity contribution in [3.05, 3.63) is 29.8 Å². The second-order valence-corrected chi connectivity index (χ2v) is 6.38. The first-order valence-electron chi connectivity index (χ1n) is 7.47. The number of hydrogen-bond acceptors (Lipinski definition) is 2. The average molecular weight is 254 g/mol. The summed E-state index contributed by atoms with van der Waals surface area (Å²) in [4.78, 5) is 0. The Hall–Kier alpha value is -1.49. The maximum Gasteiger partial charge on any atom is 0.125 e. The van der Waals surface area contributed by atoms with Gasteiger partial charge in [-0.05, 0) is 75.0 Å². The van der Waals surface area contributed by atoms with Crippen LogP contribution in [0.3, 0.4) is 0 Å². The minimum absolute atomic E-state index is 0.334. The Labute approximate surface area is 115 Å². The molecule has 3 rings (SSSR count). The minimum Gasteiger partial charge on any atom is -0.367 e. The van der Waals surface area contributed by atoms with Crippen LogP contribution in [-0.2, 0) is 0 Å². The number of nitrogens with one attached hydrogen (secondary N) is 1. The number of nitriles is 1.